The van der Waals surface area contributed by atoms with Crippen LogP contribution in [0.25, 0.3) is 0 Å². The highest BCUT2D eigenvalue weighted by Crippen LogP contribution is 2.48. The molecule has 1 saturated heterocycles. The standard InChI is InChI=1S/C40H57F3N4O5/c1-5-10-26(36(50)33(49)19-24-15-16-24)20-32(48)35-28-14-9-13-27(28)23-47(35)38(52)30(39(2,3)4)21-29(40(41,42)43)34(25-11-7-6-8-12-25)46-37(51)31-22-44-17-18-45-31/h17-18,22,24-30,34-35H,5-16,19-21,23H2,1-4H3,(H,46,51)/t26-,27+,28+,29+,30-,34-,35+/m1/s1. The van der Waals surface area contributed by atoms with Gasteiger partial charge in [-0.15, -0.1) is 0 Å². The van der Waals surface area contributed by atoms with Crippen LogP contribution in [-0.2, 0) is 19.2 Å². The summed E-state index contributed by atoms with van der Waals surface area (Å²) in [6.45, 7) is 7.45. The molecule has 1 N–H and O–H groups in total. The van der Waals surface area contributed by atoms with Crippen molar-refractivity contribution in [3.05, 3.63) is 24.3 Å². The molecule has 1 aromatic heterocycles. The number of aromatic nitrogens is 2. The molecule has 9 nitrogen and oxygen atoms in total. The zero-order valence-electron chi connectivity index (χ0n) is 31.3. The van der Waals surface area contributed by atoms with E-state index in [9.17, 15) is 24.0 Å². The minimum Gasteiger partial charge on any atom is -0.347 e. The number of hydrogen-bond acceptors (Lipinski definition) is 7. The Kier molecular flexibility index (Phi) is 13.0. The SMILES string of the molecule is CCC[C@H](CC(=O)[C@@H]1[C@H]2CCC[C@H]2CN1C(=O)[C@@H](C[C@@H]([C@H](NC(=O)c1cnccn1)C1CCCCC1)C(F)(F)F)C(C)(C)C)C(=O)C(=O)CC1CC1. The monoisotopic (exact) mass is 730 g/mol. The van der Waals surface area contributed by atoms with Gasteiger partial charge in [0.2, 0.25) is 11.7 Å². The Morgan fingerprint density at radius 3 is 2.25 bits per heavy atom. The lowest BCUT2D eigenvalue weighted by atomic mass is 9.70. The number of nitrogens with zero attached hydrogens (tertiary/aromatic N) is 3. The number of hydrogen-bond donors (Lipinski definition) is 1. The van der Waals surface area contributed by atoms with Gasteiger partial charge in [-0.3, -0.25) is 29.0 Å². The molecule has 3 saturated carbocycles. The maximum absolute atomic E-state index is 15.4. The molecule has 0 aromatic carbocycles. The summed E-state index contributed by atoms with van der Waals surface area (Å²) in [4.78, 5) is 78.0. The Labute approximate surface area is 306 Å². The van der Waals surface area contributed by atoms with E-state index in [1.54, 1.807) is 20.8 Å². The van der Waals surface area contributed by atoms with Crippen molar-refractivity contribution in [1.29, 1.82) is 0 Å². The lowest BCUT2D eigenvalue weighted by Crippen LogP contribution is -2.54. The van der Waals surface area contributed by atoms with Crippen LogP contribution in [0.1, 0.15) is 134 Å². The number of ketones is 3. The Morgan fingerprint density at radius 1 is 0.942 bits per heavy atom. The predicted octanol–water partition coefficient (Wildman–Crippen LogP) is 7.33. The molecule has 0 bridgehead atoms. The highest BCUT2D eigenvalue weighted by molar-refractivity contribution is 6.38. The number of rotatable bonds is 16. The van der Waals surface area contributed by atoms with E-state index >= 15 is 13.2 Å². The minimum atomic E-state index is -4.74. The molecule has 5 rings (SSSR count). The van der Waals surface area contributed by atoms with Gasteiger partial charge in [0.1, 0.15) is 5.69 Å². The molecule has 0 spiro atoms. The first kappa shape index (κ1) is 40.0. The van der Waals surface area contributed by atoms with Crippen LogP contribution in [0.3, 0.4) is 0 Å². The van der Waals surface area contributed by atoms with Crippen LogP contribution in [-0.4, -0.2) is 68.8 Å². The molecule has 2 amide bonds. The Bertz CT molecular complexity index is 1440. The first-order valence-electron chi connectivity index (χ1n) is 19.6. The largest absolute Gasteiger partial charge is 0.393 e. The second-order valence-electron chi connectivity index (χ2n) is 17.2. The maximum Gasteiger partial charge on any atom is 0.393 e. The smallest absolute Gasteiger partial charge is 0.347 e. The van der Waals surface area contributed by atoms with Crippen LogP contribution in [0.5, 0.6) is 0 Å². The summed E-state index contributed by atoms with van der Waals surface area (Å²) in [7, 11) is 0. The van der Waals surface area contributed by atoms with Crippen LogP contribution in [0.15, 0.2) is 18.6 Å². The number of Topliss-reactive ketones (excluding diaryl/α,β-unsaturated/α-hetero) is 3. The van der Waals surface area contributed by atoms with Gasteiger partial charge in [-0.1, -0.05) is 59.8 Å². The van der Waals surface area contributed by atoms with Crippen LogP contribution in [0.2, 0.25) is 0 Å². The number of fused-ring (bicyclic) bond motifs is 1. The quantitative estimate of drug-likeness (QED) is 0.177. The molecule has 1 aliphatic heterocycles. The summed E-state index contributed by atoms with van der Waals surface area (Å²) in [5.74, 6) is -6.61. The molecule has 0 unspecified atom stereocenters. The van der Waals surface area contributed by atoms with Crippen molar-refractivity contribution < 1.29 is 37.1 Å². The molecule has 288 valence electrons. The number of carbonyl (C=O) groups is 5. The van der Waals surface area contributed by atoms with Crippen molar-refractivity contribution in [3.8, 4) is 0 Å². The number of likely N-dealkylation sites (tertiary alicyclic amines) is 1. The van der Waals surface area contributed by atoms with Crippen molar-refractivity contribution in [2.75, 3.05) is 6.54 Å². The summed E-state index contributed by atoms with van der Waals surface area (Å²) in [6, 6.07) is -2.12. The highest BCUT2D eigenvalue weighted by atomic mass is 19.4. The zero-order chi connectivity index (χ0) is 37.8. The van der Waals surface area contributed by atoms with Crippen molar-refractivity contribution in [3.63, 3.8) is 0 Å². The maximum atomic E-state index is 15.4. The fourth-order valence-corrected chi connectivity index (χ4v) is 9.34. The number of halogens is 3. The molecule has 0 radical (unpaired) electrons. The summed E-state index contributed by atoms with van der Waals surface area (Å²) < 4.78 is 46.1. The van der Waals surface area contributed by atoms with Crippen molar-refractivity contribution in [2.45, 2.75) is 142 Å². The van der Waals surface area contributed by atoms with Crippen LogP contribution < -0.4 is 5.32 Å². The molecule has 52 heavy (non-hydrogen) atoms. The lowest BCUT2D eigenvalue weighted by Gasteiger charge is -2.42. The summed E-state index contributed by atoms with van der Waals surface area (Å²) in [5.41, 5.74) is -0.986. The van der Waals surface area contributed by atoms with Crippen molar-refractivity contribution in [2.24, 2.45) is 46.8 Å². The van der Waals surface area contributed by atoms with Gasteiger partial charge >= 0.3 is 6.18 Å². The van der Waals surface area contributed by atoms with Gasteiger partial charge < -0.3 is 10.2 Å². The predicted molar refractivity (Wildman–Crippen MR) is 189 cm³/mol. The molecular weight excluding hydrogens is 673 g/mol. The van der Waals surface area contributed by atoms with E-state index in [4.69, 9.17) is 0 Å². The molecule has 4 fully saturated rings. The van der Waals surface area contributed by atoms with Crippen LogP contribution in [0.4, 0.5) is 13.2 Å². The third-order valence-corrected chi connectivity index (χ3v) is 12.3. The Morgan fingerprint density at radius 2 is 1.65 bits per heavy atom. The summed E-state index contributed by atoms with van der Waals surface area (Å²) in [5, 5.41) is 2.70. The fraction of sp³-hybridized carbons (Fsp3) is 0.775. The van der Waals surface area contributed by atoms with E-state index in [-0.39, 0.29) is 48.6 Å². The molecule has 3 aliphatic carbocycles. The molecule has 1 aromatic rings. The third-order valence-electron chi connectivity index (χ3n) is 12.3. The number of carbonyl (C=O) groups excluding carboxylic acids is 5. The first-order chi connectivity index (χ1) is 24.6. The Balaban J connectivity index is 1.43. The van der Waals surface area contributed by atoms with E-state index in [0.717, 1.165) is 51.4 Å². The van der Waals surface area contributed by atoms with Gasteiger partial charge in [0.15, 0.2) is 11.6 Å². The average Bonchev–Trinajstić information content (AvgIpc) is 3.66. The van der Waals surface area contributed by atoms with Gasteiger partial charge in [0.25, 0.3) is 5.91 Å². The van der Waals surface area contributed by atoms with Crippen molar-refractivity contribution in [1.82, 2.24) is 20.2 Å². The minimum absolute atomic E-state index is 0.0509. The zero-order valence-corrected chi connectivity index (χ0v) is 31.3. The normalized spacial score (nSPS) is 24.8. The van der Waals surface area contributed by atoms with Gasteiger partial charge in [-0.2, -0.15) is 13.2 Å². The second-order valence-corrected chi connectivity index (χ2v) is 17.2. The molecule has 4 aliphatic rings. The van der Waals surface area contributed by atoms with E-state index in [1.807, 2.05) is 6.92 Å². The van der Waals surface area contributed by atoms with Crippen molar-refractivity contribution >= 4 is 29.2 Å². The van der Waals surface area contributed by atoms with E-state index in [2.05, 4.69) is 15.3 Å². The van der Waals surface area contributed by atoms with Gasteiger partial charge in [-0.25, -0.2) is 4.98 Å². The van der Waals surface area contributed by atoms with Gasteiger partial charge in [-0.05, 0) is 80.5 Å². The summed E-state index contributed by atoms with van der Waals surface area (Å²) in [6.07, 6.45) is 7.46. The van der Waals surface area contributed by atoms with Crippen LogP contribution >= 0.6 is 0 Å². The number of nitrogens with one attached hydrogen (secondary N) is 1. The van der Waals surface area contributed by atoms with Crippen LogP contribution in [0, 0.1) is 46.8 Å². The number of amides is 2. The average molecular weight is 731 g/mol. The van der Waals surface area contributed by atoms with E-state index < -0.39 is 77.1 Å². The van der Waals surface area contributed by atoms with E-state index in [1.165, 1.54) is 23.5 Å². The highest BCUT2D eigenvalue weighted by Gasteiger charge is 2.55. The molecular formula is C40H57F3N4O5. The Hall–Kier alpha value is -3.18. The van der Waals surface area contributed by atoms with Gasteiger partial charge in [0, 0.05) is 49.7 Å². The molecule has 12 heteroatoms. The third kappa shape index (κ3) is 9.67. The number of alkyl halides is 3. The van der Waals surface area contributed by atoms with Gasteiger partial charge in [0.05, 0.1) is 18.2 Å². The van der Waals surface area contributed by atoms with E-state index in [0.29, 0.717) is 25.7 Å². The first-order valence-corrected chi connectivity index (χ1v) is 19.6. The second kappa shape index (κ2) is 16.9. The fourth-order valence-electron chi connectivity index (χ4n) is 9.34. The summed E-state index contributed by atoms with van der Waals surface area (Å²) >= 11 is 0. The topological polar surface area (TPSA) is 126 Å². The molecule has 7 atom stereocenters. The lowest BCUT2D eigenvalue weighted by molar-refractivity contribution is -0.194. The molecule has 2 heterocycles.